The van der Waals surface area contributed by atoms with Gasteiger partial charge in [-0.25, -0.2) is 13.9 Å². The van der Waals surface area contributed by atoms with Gasteiger partial charge in [-0.1, -0.05) is 18.8 Å². The summed E-state index contributed by atoms with van der Waals surface area (Å²) in [5.74, 6) is 1.49. The van der Waals surface area contributed by atoms with Gasteiger partial charge in [0.1, 0.15) is 11.9 Å². The molecule has 1 aromatic rings. The van der Waals surface area contributed by atoms with Crippen LogP contribution in [0.2, 0.25) is 0 Å². The molecular formula is C14H20N5O2+. The molecule has 0 aliphatic carbocycles. The number of imidazole rings is 1. The first-order valence-corrected chi connectivity index (χ1v) is 7.08. The number of hydrogen-bond donors (Lipinski definition) is 0. The highest BCUT2D eigenvalue weighted by Gasteiger charge is 2.52. The lowest BCUT2D eigenvalue weighted by Crippen LogP contribution is -2.61. The van der Waals surface area contributed by atoms with Gasteiger partial charge in [0, 0.05) is 14.1 Å². The minimum absolute atomic E-state index is 0.234. The molecule has 0 spiro atoms. The maximum Gasteiger partial charge on any atom is 0.401 e. The lowest BCUT2D eigenvalue weighted by atomic mass is 10.2. The fourth-order valence-electron chi connectivity index (χ4n) is 2.90. The van der Waals surface area contributed by atoms with Crippen LogP contribution >= 0.6 is 0 Å². The highest BCUT2D eigenvalue weighted by molar-refractivity contribution is 6.18. The number of aryl methyl sites for hydroxylation is 1. The van der Waals surface area contributed by atoms with Crippen molar-refractivity contribution in [2.24, 2.45) is 10.9 Å². The molecule has 7 nitrogen and oxygen atoms in total. The molecule has 3 rings (SSSR count). The van der Waals surface area contributed by atoms with Gasteiger partial charge in [-0.05, 0) is 12.8 Å². The molecule has 0 bridgehead atoms. The molecule has 1 aromatic heterocycles. The highest BCUT2D eigenvalue weighted by atomic mass is 16.2. The zero-order valence-electron chi connectivity index (χ0n) is 13.0. The maximum absolute atomic E-state index is 12.4. The third-order valence-corrected chi connectivity index (χ3v) is 3.99. The second kappa shape index (κ2) is 4.41. The van der Waals surface area contributed by atoms with Crippen molar-refractivity contribution in [2.75, 3.05) is 14.1 Å². The molecule has 1 fully saturated rings. The van der Waals surface area contributed by atoms with E-state index >= 15 is 0 Å². The van der Waals surface area contributed by atoms with E-state index in [0.29, 0.717) is 11.8 Å². The molecule has 7 heteroatoms. The minimum atomic E-state index is -0.528. The van der Waals surface area contributed by atoms with Crippen LogP contribution in [0.25, 0.3) is 0 Å². The first kappa shape index (κ1) is 13.8. The van der Waals surface area contributed by atoms with Crippen molar-refractivity contribution in [3.63, 3.8) is 0 Å². The summed E-state index contributed by atoms with van der Waals surface area (Å²) >= 11 is 0. The van der Waals surface area contributed by atoms with Crippen molar-refractivity contribution in [3.05, 3.63) is 11.9 Å². The lowest BCUT2D eigenvalue weighted by Gasteiger charge is -2.30. The zero-order chi connectivity index (χ0) is 15.5. The Kier molecular flexibility index (Phi) is 2.89. The summed E-state index contributed by atoms with van der Waals surface area (Å²) in [5, 5.41) is 0. The first-order chi connectivity index (χ1) is 9.82. The van der Waals surface area contributed by atoms with Gasteiger partial charge in [-0.2, -0.15) is 0 Å². The smallest absolute Gasteiger partial charge is 0.270 e. The second-order valence-corrected chi connectivity index (χ2v) is 6.09. The summed E-state index contributed by atoms with van der Waals surface area (Å²) in [7, 11) is 3.16. The number of aromatic nitrogens is 2. The Morgan fingerprint density at radius 2 is 1.95 bits per heavy atom. The molecule has 0 aromatic carbocycles. The van der Waals surface area contributed by atoms with Crippen molar-refractivity contribution < 1.29 is 14.2 Å². The molecule has 21 heavy (non-hydrogen) atoms. The largest absolute Gasteiger partial charge is 0.401 e. The zero-order valence-corrected chi connectivity index (χ0v) is 13.0. The molecule has 2 aliphatic heterocycles. The van der Waals surface area contributed by atoms with Crippen molar-refractivity contribution >= 4 is 23.7 Å². The van der Waals surface area contributed by atoms with Crippen LogP contribution in [0.5, 0.6) is 0 Å². The second-order valence-electron chi connectivity index (χ2n) is 6.09. The number of hydrogen-bond acceptors (Lipinski definition) is 3. The number of carbonyl (C=O) groups excluding carboxylic acids is 2. The Labute approximate surface area is 123 Å². The highest BCUT2D eigenvalue weighted by Crippen LogP contribution is 2.28. The van der Waals surface area contributed by atoms with E-state index in [-0.39, 0.29) is 11.9 Å². The van der Waals surface area contributed by atoms with E-state index in [4.69, 9.17) is 0 Å². The van der Waals surface area contributed by atoms with E-state index in [9.17, 15) is 9.59 Å². The van der Waals surface area contributed by atoms with Crippen LogP contribution in [0.1, 0.15) is 25.6 Å². The molecule has 2 aliphatic rings. The van der Waals surface area contributed by atoms with Crippen molar-refractivity contribution in [1.82, 2.24) is 14.4 Å². The van der Waals surface area contributed by atoms with Gasteiger partial charge in [0.05, 0.1) is 6.54 Å². The van der Waals surface area contributed by atoms with Crippen LogP contribution in [0.4, 0.5) is 10.7 Å². The van der Waals surface area contributed by atoms with E-state index < -0.39 is 6.04 Å². The SMILES string of the molecule is Cc1c[n+]2c(n1CC(C)C)N=C1C2C(=O)N(C)C(=O)N1C. The van der Waals surface area contributed by atoms with Gasteiger partial charge < -0.3 is 0 Å². The fourth-order valence-corrected chi connectivity index (χ4v) is 2.90. The van der Waals surface area contributed by atoms with Crippen LogP contribution in [0.3, 0.4) is 0 Å². The molecule has 3 heterocycles. The van der Waals surface area contributed by atoms with Gasteiger partial charge in [0.2, 0.25) is 11.9 Å². The van der Waals surface area contributed by atoms with Gasteiger partial charge in [-0.15, -0.1) is 0 Å². The number of fused-ring (bicyclic) bond motifs is 3. The Morgan fingerprint density at radius 1 is 1.29 bits per heavy atom. The summed E-state index contributed by atoms with van der Waals surface area (Å²) in [6.07, 6.45) is 1.94. The number of urea groups is 1. The Bertz CT molecular complexity index is 673. The fraction of sp³-hybridized carbons (Fsp3) is 0.571. The molecule has 112 valence electrons. The molecular weight excluding hydrogens is 270 g/mol. The third-order valence-electron chi connectivity index (χ3n) is 3.99. The van der Waals surface area contributed by atoms with Crippen molar-refractivity contribution in [1.29, 1.82) is 0 Å². The molecule has 1 atom stereocenters. The summed E-state index contributed by atoms with van der Waals surface area (Å²) in [6, 6.07) is -0.868. The molecule has 0 radical (unpaired) electrons. The number of carbonyl (C=O) groups is 2. The predicted octanol–water partition coefficient (Wildman–Crippen LogP) is 0.849. The average molecular weight is 290 g/mol. The molecule has 1 unspecified atom stereocenters. The Hall–Kier alpha value is -2.18. The van der Waals surface area contributed by atoms with Crippen LogP contribution in [0, 0.1) is 12.8 Å². The number of aliphatic imine (C=N–C) groups is 1. The third kappa shape index (κ3) is 1.80. The van der Waals surface area contributed by atoms with E-state index in [2.05, 4.69) is 23.4 Å². The Morgan fingerprint density at radius 3 is 2.57 bits per heavy atom. The number of imide groups is 1. The van der Waals surface area contributed by atoms with E-state index in [1.165, 1.54) is 11.9 Å². The number of amidine groups is 1. The maximum atomic E-state index is 12.4. The summed E-state index contributed by atoms with van der Waals surface area (Å²) < 4.78 is 3.97. The summed E-state index contributed by atoms with van der Waals surface area (Å²) in [6.45, 7) is 7.12. The van der Waals surface area contributed by atoms with Gasteiger partial charge in [0.15, 0.2) is 0 Å². The molecule has 1 saturated heterocycles. The van der Waals surface area contributed by atoms with Crippen LogP contribution < -0.4 is 4.57 Å². The molecule has 0 saturated carbocycles. The van der Waals surface area contributed by atoms with Gasteiger partial charge in [-0.3, -0.25) is 14.6 Å². The van der Waals surface area contributed by atoms with Crippen molar-refractivity contribution in [3.8, 4) is 0 Å². The lowest BCUT2D eigenvalue weighted by molar-refractivity contribution is -0.677. The predicted molar refractivity (Wildman–Crippen MR) is 76.3 cm³/mol. The molecule has 0 N–H and O–H groups in total. The van der Waals surface area contributed by atoms with Crippen molar-refractivity contribution in [2.45, 2.75) is 33.4 Å². The summed E-state index contributed by atoms with van der Waals surface area (Å²) in [4.78, 5) is 31.6. The first-order valence-electron chi connectivity index (χ1n) is 7.08. The van der Waals surface area contributed by atoms with E-state index in [0.717, 1.165) is 23.1 Å². The Balaban J connectivity index is 2.12. The van der Waals surface area contributed by atoms with E-state index in [1.807, 2.05) is 17.7 Å². The minimum Gasteiger partial charge on any atom is -0.270 e. The topological polar surface area (TPSA) is 61.8 Å². The average Bonchev–Trinajstić information content (AvgIpc) is 2.91. The number of rotatable bonds is 2. The number of amides is 3. The van der Waals surface area contributed by atoms with Crippen LogP contribution in [-0.4, -0.2) is 46.2 Å². The number of nitrogens with zero attached hydrogens (tertiary/aromatic N) is 5. The van der Waals surface area contributed by atoms with Crippen LogP contribution in [-0.2, 0) is 11.3 Å². The van der Waals surface area contributed by atoms with Gasteiger partial charge in [0.25, 0.3) is 5.91 Å². The van der Waals surface area contributed by atoms with Gasteiger partial charge >= 0.3 is 12.0 Å². The standard InChI is InChI=1S/C14H20N5O2/c1-8(2)6-18-9(3)7-19-10-11(15-13(18)19)16(4)14(21)17(5)12(10)20/h7-8,10H,6H2,1-5H3/q+1. The summed E-state index contributed by atoms with van der Waals surface area (Å²) in [5.41, 5.74) is 1.07. The quantitative estimate of drug-likeness (QED) is 0.758. The normalized spacial score (nSPS) is 21.0. The van der Waals surface area contributed by atoms with E-state index in [1.54, 1.807) is 7.05 Å². The monoisotopic (exact) mass is 290 g/mol. The molecule has 3 amide bonds. The van der Waals surface area contributed by atoms with Crippen LogP contribution in [0.15, 0.2) is 11.2 Å². The number of likely N-dealkylation sites (N-methyl/N-ethyl adjacent to an activating group) is 2.